The SMILES string of the molecule is O=C(NCC(=O)N1CCN(c2ccc(Cl)cc2)CC1)c1ccc2n[nH]nc2c1. The Labute approximate surface area is 166 Å². The first-order chi connectivity index (χ1) is 13.6. The van der Waals surface area contributed by atoms with Crippen LogP contribution in [-0.4, -0.2) is 64.8 Å². The van der Waals surface area contributed by atoms with Crippen LogP contribution in [0.5, 0.6) is 0 Å². The Bertz CT molecular complexity index is 995. The van der Waals surface area contributed by atoms with Gasteiger partial charge in [-0.25, -0.2) is 0 Å². The Balaban J connectivity index is 1.28. The molecule has 144 valence electrons. The summed E-state index contributed by atoms with van der Waals surface area (Å²) in [6.07, 6.45) is 0. The van der Waals surface area contributed by atoms with Crippen molar-refractivity contribution in [1.82, 2.24) is 25.6 Å². The summed E-state index contributed by atoms with van der Waals surface area (Å²) in [6, 6.07) is 12.7. The van der Waals surface area contributed by atoms with E-state index in [1.807, 2.05) is 24.3 Å². The number of hydrogen-bond donors (Lipinski definition) is 2. The molecule has 0 aliphatic carbocycles. The van der Waals surface area contributed by atoms with Crippen LogP contribution in [0.2, 0.25) is 5.02 Å². The topological polar surface area (TPSA) is 94.2 Å². The lowest BCUT2D eigenvalue weighted by molar-refractivity contribution is -0.130. The number of piperazine rings is 1. The number of amides is 2. The third-order valence-electron chi connectivity index (χ3n) is 4.80. The molecule has 0 saturated carbocycles. The average Bonchev–Trinajstić information content (AvgIpc) is 3.20. The van der Waals surface area contributed by atoms with Crippen LogP contribution in [0.3, 0.4) is 0 Å². The number of carbonyl (C=O) groups is 2. The Morgan fingerprint density at radius 2 is 1.71 bits per heavy atom. The molecule has 0 spiro atoms. The zero-order valence-electron chi connectivity index (χ0n) is 15.1. The number of hydrogen-bond acceptors (Lipinski definition) is 5. The van der Waals surface area contributed by atoms with Gasteiger partial charge >= 0.3 is 0 Å². The van der Waals surface area contributed by atoms with Gasteiger partial charge in [-0.1, -0.05) is 11.6 Å². The molecule has 2 aromatic carbocycles. The Morgan fingerprint density at radius 3 is 2.46 bits per heavy atom. The summed E-state index contributed by atoms with van der Waals surface area (Å²) in [4.78, 5) is 28.7. The lowest BCUT2D eigenvalue weighted by Gasteiger charge is -2.36. The van der Waals surface area contributed by atoms with Crippen molar-refractivity contribution in [3.8, 4) is 0 Å². The Kier molecular flexibility index (Phi) is 5.12. The van der Waals surface area contributed by atoms with Crippen LogP contribution in [0.15, 0.2) is 42.5 Å². The van der Waals surface area contributed by atoms with Gasteiger partial charge in [-0.15, -0.1) is 0 Å². The van der Waals surface area contributed by atoms with Crippen LogP contribution in [0.1, 0.15) is 10.4 Å². The zero-order chi connectivity index (χ0) is 19.5. The van der Waals surface area contributed by atoms with Gasteiger partial charge in [0.1, 0.15) is 11.0 Å². The summed E-state index contributed by atoms with van der Waals surface area (Å²) in [5.74, 6) is -0.398. The normalized spacial score (nSPS) is 14.3. The van der Waals surface area contributed by atoms with Gasteiger partial charge in [0.2, 0.25) is 5.91 Å². The highest BCUT2D eigenvalue weighted by Crippen LogP contribution is 2.19. The lowest BCUT2D eigenvalue weighted by Crippen LogP contribution is -2.51. The molecule has 2 heterocycles. The summed E-state index contributed by atoms with van der Waals surface area (Å²) in [6.45, 7) is 2.68. The van der Waals surface area contributed by atoms with Gasteiger partial charge < -0.3 is 15.1 Å². The van der Waals surface area contributed by atoms with E-state index in [1.165, 1.54) is 0 Å². The van der Waals surface area contributed by atoms with Gasteiger partial charge in [-0.3, -0.25) is 9.59 Å². The summed E-state index contributed by atoms with van der Waals surface area (Å²) in [5, 5.41) is 13.8. The predicted octanol–water partition coefficient (Wildman–Crippen LogP) is 1.69. The highest BCUT2D eigenvalue weighted by Gasteiger charge is 2.21. The quantitative estimate of drug-likeness (QED) is 0.697. The Hall–Kier alpha value is -3.13. The zero-order valence-corrected chi connectivity index (χ0v) is 15.8. The molecule has 1 aromatic heterocycles. The van der Waals surface area contributed by atoms with E-state index in [-0.39, 0.29) is 18.4 Å². The fraction of sp³-hybridized carbons (Fsp3) is 0.263. The number of fused-ring (bicyclic) bond motifs is 1. The largest absolute Gasteiger partial charge is 0.368 e. The molecule has 3 aromatic rings. The van der Waals surface area contributed by atoms with Crippen LogP contribution in [0.25, 0.3) is 11.0 Å². The van der Waals surface area contributed by atoms with Crippen molar-refractivity contribution in [3.63, 3.8) is 0 Å². The fourth-order valence-electron chi connectivity index (χ4n) is 3.22. The number of aromatic nitrogens is 3. The number of benzene rings is 2. The molecular weight excluding hydrogens is 380 g/mol. The minimum absolute atomic E-state index is 0.0311. The van der Waals surface area contributed by atoms with Crippen LogP contribution >= 0.6 is 11.6 Å². The van der Waals surface area contributed by atoms with Gasteiger partial charge in [-0.2, -0.15) is 15.4 Å². The number of nitrogens with zero attached hydrogens (tertiary/aromatic N) is 4. The maximum Gasteiger partial charge on any atom is 0.251 e. The molecule has 0 unspecified atom stereocenters. The second-order valence-electron chi connectivity index (χ2n) is 6.55. The van der Waals surface area contributed by atoms with E-state index in [2.05, 4.69) is 25.6 Å². The number of nitrogens with one attached hydrogen (secondary N) is 2. The number of anilines is 1. The molecule has 28 heavy (non-hydrogen) atoms. The van der Waals surface area contributed by atoms with Crippen LogP contribution in [0, 0.1) is 0 Å². The van der Waals surface area contributed by atoms with Gasteiger partial charge in [0, 0.05) is 42.5 Å². The number of rotatable bonds is 4. The molecule has 1 fully saturated rings. The summed E-state index contributed by atoms with van der Waals surface area (Å²) < 4.78 is 0. The number of carbonyl (C=O) groups excluding carboxylic acids is 2. The van der Waals surface area contributed by atoms with Gasteiger partial charge in [0.05, 0.1) is 6.54 Å². The third-order valence-corrected chi connectivity index (χ3v) is 5.05. The van der Waals surface area contributed by atoms with Crippen molar-refractivity contribution in [2.45, 2.75) is 0 Å². The molecule has 9 heteroatoms. The molecule has 2 amide bonds. The number of aromatic amines is 1. The second-order valence-corrected chi connectivity index (χ2v) is 6.99. The Morgan fingerprint density at radius 1 is 1.00 bits per heavy atom. The first kappa shape index (κ1) is 18.2. The van der Waals surface area contributed by atoms with E-state index in [1.54, 1.807) is 23.1 Å². The lowest BCUT2D eigenvalue weighted by atomic mass is 10.2. The molecule has 4 rings (SSSR count). The van der Waals surface area contributed by atoms with E-state index in [0.717, 1.165) is 18.8 Å². The highest BCUT2D eigenvalue weighted by molar-refractivity contribution is 6.30. The van der Waals surface area contributed by atoms with Gasteiger partial charge in [0.15, 0.2) is 0 Å². The fourth-order valence-corrected chi connectivity index (χ4v) is 3.34. The number of halogens is 1. The average molecular weight is 399 g/mol. The van der Waals surface area contributed by atoms with Crippen molar-refractivity contribution in [2.24, 2.45) is 0 Å². The van der Waals surface area contributed by atoms with Crippen molar-refractivity contribution < 1.29 is 9.59 Å². The van der Waals surface area contributed by atoms with E-state index >= 15 is 0 Å². The molecule has 2 N–H and O–H groups in total. The van der Waals surface area contributed by atoms with Gasteiger partial charge in [-0.05, 0) is 42.5 Å². The molecule has 0 radical (unpaired) electrons. The van der Waals surface area contributed by atoms with Crippen LogP contribution < -0.4 is 10.2 Å². The second kappa shape index (κ2) is 7.85. The maximum atomic E-state index is 12.4. The molecule has 0 bridgehead atoms. The van der Waals surface area contributed by atoms with Gasteiger partial charge in [0.25, 0.3) is 5.91 Å². The minimum atomic E-state index is -0.307. The molecular formula is C19H19ClN6O2. The monoisotopic (exact) mass is 398 g/mol. The maximum absolute atomic E-state index is 12.4. The summed E-state index contributed by atoms with van der Waals surface area (Å²) in [7, 11) is 0. The van der Waals surface area contributed by atoms with E-state index in [0.29, 0.717) is 34.7 Å². The van der Waals surface area contributed by atoms with E-state index in [4.69, 9.17) is 11.6 Å². The first-order valence-corrected chi connectivity index (χ1v) is 9.35. The summed E-state index contributed by atoms with van der Waals surface area (Å²) >= 11 is 5.93. The standard InChI is InChI=1S/C19H19ClN6O2/c20-14-2-4-15(5-3-14)25-7-9-26(10-8-25)18(27)12-21-19(28)13-1-6-16-17(11-13)23-24-22-16/h1-6,11H,7-10,12H2,(H,21,28)(H,22,23,24). The van der Waals surface area contributed by atoms with Crippen LogP contribution in [-0.2, 0) is 4.79 Å². The molecule has 1 aliphatic heterocycles. The van der Waals surface area contributed by atoms with Crippen molar-refractivity contribution in [1.29, 1.82) is 0 Å². The predicted molar refractivity (Wildman–Crippen MR) is 106 cm³/mol. The molecule has 0 atom stereocenters. The highest BCUT2D eigenvalue weighted by atomic mass is 35.5. The first-order valence-electron chi connectivity index (χ1n) is 8.97. The smallest absolute Gasteiger partial charge is 0.251 e. The van der Waals surface area contributed by atoms with E-state index < -0.39 is 0 Å². The number of H-pyrrole nitrogens is 1. The minimum Gasteiger partial charge on any atom is -0.368 e. The summed E-state index contributed by atoms with van der Waals surface area (Å²) in [5.41, 5.74) is 2.83. The molecule has 8 nitrogen and oxygen atoms in total. The molecule has 1 saturated heterocycles. The van der Waals surface area contributed by atoms with E-state index in [9.17, 15) is 9.59 Å². The van der Waals surface area contributed by atoms with Crippen molar-refractivity contribution in [2.75, 3.05) is 37.6 Å². The molecule has 1 aliphatic rings. The van der Waals surface area contributed by atoms with Crippen LogP contribution in [0.4, 0.5) is 5.69 Å². The van der Waals surface area contributed by atoms with Crippen molar-refractivity contribution >= 4 is 40.1 Å². The third kappa shape index (κ3) is 3.91. The van der Waals surface area contributed by atoms with Crippen molar-refractivity contribution in [3.05, 3.63) is 53.1 Å².